The van der Waals surface area contributed by atoms with Gasteiger partial charge in [0.05, 0.1) is 5.92 Å². The van der Waals surface area contributed by atoms with Gasteiger partial charge in [0, 0.05) is 0 Å². The van der Waals surface area contributed by atoms with Crippen LogP contribution in [0.1, 0.15) is 33.3 Å². The molecule has 24 heavy (non-hydrogen) atoms. The van der Waals surface area contributed by atoms with E-state index in [0.29, 0.717) is 5.56 Å². The summed E-state index contributed by atoms with van der Waals surface area (Å²) in [6.07, 6.45) is 0.165. The van der Waals surface area contributed by atoms with Crippen molar-refractivity contribution in [1.29, 1.82) is 0 Å². The number of benzene rings is 1. The predicted octanol–water partition coefficient (Wildman–Crippen LogP) is 3.44. The Balaban J connectivity index is 2.85. The third-order valence-corrected chi connectivity index (χ3v) is 3.72. The first-order valence-electron chi connectivity index (χ1n) is 7.04. The van der Waals surface area contributed by atoms with Crippen molar-refractivity contribution in [2.45, 2.75) is 45.2 Å². The molecule has 0 saturated heterocycles. The standard InChI is InChI=1S/C15H19F3O5S/c1-10(13(19)22-14(2,3)4)8-11-6-5-7-12(9-11)23-24(20,21)15(16,17)18/h5-7,9-10H,8H2,1-4H3. The Morgan fingerprint density at radius 2 is 1.79 bits per heavy atom. The maximum Gasteiger partial charge on any atom is 0.534 e. The second-order valence-corrected chi connectivity index (χ2v) is 7.81. The molecular weight excluding hydrogens is 349 g/mol. The van der Waals surface area contributed by atoms with Gasteiger partial charge in [0.1, 0.15) is 11.4 Å². The van der Waals surface area contributed by atoms with Crippen LogP contribution < -0.4 is 4.18 Å². The van der Waals surface area contributed by atoms with E-state index in [1.807, 2.05) is 0 Å². The fraction of sp³-hybridized carbons (Fsp3) is 0.533. The quantitative estimate of drug-likeness (QED) is 0.452. The molecule has 0 bridgehead atoms. The van der Waals surface area contributed by atoms with E-state index in [1.54, 1.807) is 33.8 Å². The molecule has 1 atom stereocenters. The van der Waals surface area contributed by atoms with Crippen LogP contribution >= 0.6 is 0 Å². The third kappa shape index (κ3) is 6.03. The van der Waals surface area contributed by atoms with Crippen molar-refractivity contribution in [2.75, 3.05) is 0 Å². The summed E-state index contributed by atoms with van der Waals surface area (Å²) in [4.78, 5) is 11.9. The summed E-state index contributed by atoms with van der Waals surface area (Å²) < 4.78 is 68.2. The van der Waals surface area contributed by atoms with E-state index in [-0.39, 0.29) is 6.42 Å². The van der Waals surface area contributed by atoms with Crippen molar-refractivity contribution in [3.63, 3.8) is 0 Å². The van der Waals surface area contributed by atoms with Crippen LogP contribution in [0.2, 0.25) is 0 Å². The van der Waals surface area contributed by atoms with Crippen LogP contribution in [0.5, 0.6) is 5.75 Å². The SMILES string of the molecule is CC(Cc1cccc(OS(=O)(=O)C(F)(F)F)c1)C(=O)OC(C)(C)C. The smallest absolute Gasteiger partial charge is 0.460 e. The van der Waals surface area contributed by atoms with E-state index >= 15 is 0 Å². The number of hydrogen-bond donors (Lipinski definition) is 0. The summed E-state index contributed by atoms with van der Waals surface area (Å²) in [5.41, 5.74) is -5.72. The molecule has 0 aliphatic heterocycles. The van der Waals surface area contributed by atoms with Crippen LogP contribution in [0.4, 0.5) is 13.2 Å². The molecule has 1 aromatic carbocycles. The molecule has 0 saturated carbocycles. The molecule has 0 aliphatic carbocycles. The van der Waals surface area contributed by atoms with E-state index in [2.05, 4.69) is 4.18 Å². The van der Waals surface area contributed by atoms with Gasteiger partial charge in [0.2, 0.25) is 0 Å². The topological polar surface area (TPSA) is 69.7 Å². The van der Waals surface area contributed by atoms with Crippen molar-refractivity contribution in [2.24, 2.45) is 5.92 Å². The van der Waals surface area contributed by atoms with Gasteiger partial charge in [-0.15, -0.1) is 0 Å². The lowest BCUT2D eigenvalue weighted by Gasteiger charge is -2.22. The molecule has 0 heterocycles. The Bertz CT molecular complexity index is 690. The van der Waals surface area contributed by atoms with Crippen LogP contribution in [0.15, 0.2) is 24.3 Å². The summed E-state index contributed by atoms with van der Waals surface area (Å²) in [7, 11) is -5.73. The summed E-state index contributed by atoms with van der Waals surface area (Å²) in [6.45, 7) is 6.75. The number of halogens is 3. The molecule has 0 spiro atoms. The highest BCUT2D eigenvalue weighted by Crippen LogP contribution is 2.27. The van der Waals surface area contributed by atoms with E-state index in [0.717, 1.165) is 12.1 Å². The average Bonchev–Trinajstić information content (AvgIpc) is 2.35. The number of esters is 1. The van der Waals surface area contributed by atoms with Gasteiger partial charge in [-0.2, -0.15) is 21.6 Å². The second kappa shape index (κ2) is 7.00. The van der Waals surface area contributed by atoms with Crippen molar-refractivity contribution in [3.05, 3.63) is 29.8 Å². The molecule has 1 aromatic rings. The van der Waals surface area contributed by atoms with E-state index in [4.69, 9.17) is 4.74 Å². The lowest BCUT2D eigenvalue weighted by atomic mass is 10.0. The molecular formula is C15H19F3O5S. The molecule has 0 N–H and O–H groups in total. The first-order chi connectivity index (χ1) is 10.7. The van der Waals surface area contributed by atoms with Crippen LogP contribution in [0.3, 0.4) is 0 Å². The van der Waals surface area contributed by atoms with Crippen molar-refractivity contribution >= 4 is 16.1 Å². The third-order valence-electron chi connectivity index (χ3n) is 2.74. The number of ether oxygens (including phenoxy) is 1. The molecule has 0 radical (unpaired) electrons. The normalized spacial score (nSPS) is 14.1. The Morgan fingerprint density at radius 1 is 1.21 bits per heavy atom. The zero-order chi connectivity index (χ0) is 18.8. The highest BCUT2D eigenvalue weighted by atomic mass is 32.2. The van der Waals surface area contributed by atoms with Gasteiger partial charge >= 0.3 is 21.6 Å². The first-order valence-corrected chi connectivity index (χ1v) is 8.45. The number of rotatable bonds is 5. The van der Waals surface area contributed by atoms with Gasteiger partial charge < -0.3 is 8.92 Å². The molecule has 0 aromatic heterocycles. The lowest BCUT2D eigenvalue weighted by Crippen LogP contribution is -2.28. The van der Waals surface area contributed by atoms with Crippen LogP contribution in [-0.4, -0.2) is 25.5 Å². The van der Waals surface area contributed by atoms with Gasteiger partial charge in [-0.1, -0.05) is 19.1 Å². The minimum absolute atomic E-state index is 0.165. The van der Waals surface area contributed by atoms with Crippen molar-refractivity contribution in [1.82, 2.24) is 0 Å². The average molecular weight is 368 g/mol. The Labute approximate surface area is 138 Å². The number of alkyl halides is 3. The number of hydrogen-bond acceptors (Lipinski definition) is 5. The van der Waals surface area contributed by atoms with E-state index < -0.39 is 38.9 Å². The zero-order valence-corrected chi connectivity index (χ0v) is 14.5. The van der Waals surface area contributed by atoms with Crippen LogP contribution in [0.25, 0.3) is 0 Å². The van der Waals surface area contributed by atoms with Gasteiger partial charge in [-0.05, 0) is 44.9 Å². The predicted molar refractivity (Wildman–Crippen MR) is 80.8 cm³/mol. The van der Waals surface area contributed by atoms with Crippen molar-refractivity contribution in [3.8, 4) is 5.75 Å². The number of carbonyl (C=O) groups is 1. The molecule has 1 unspecified atom stereocenters. The Kier molecular flexibility index (Phi) is 5.91. The van der Waals surface area contributed by atoms with Crippen molar-refractivity contribution < 1.29 is 35.3 Å². The Hall–Kier alpha value is -1.77. The van der Waals surface area contributed by atoms with Gasteiger partial charge in [-0.3, -0.25) is 4.79 Å². The fourth-order valence-electron chi connectivity index (χ4n) is 1.74. The summed E-state index contributed by atoms with van der Waals surface area (Å²) in [6, 6.07) is 5.13. The first kappa shape index (κ1) is 20.3. The molecule has 5 nitrogen and oxygen atoms in total. The summed E-state index contributed by atoms with van der Waals surface area (Å²) in [5, 5.41) is 0. The van der Waals surface area contributed by atoms with Gasteiger partial charge in [0.25, 0.3) is 0 Å². The molecule has 9 heteroatoms. The van der Waals surface area contributed by atoms with E-state index in [1.165, 1.54) is 6.07 Å². The van der Waals surface area contributed by atoms with Gasteiger partial charge in [-0.25, -0.2) is 0 Å². The fourth-order valence-corrected chi connectivity index (χ4v) is 2.19. The summed E-state index contributed by atoms with van der Waals surface area (Å²) >= 11 is 0. The summed E-state index contributed by atoms with van der Waals surface area (Å²) in [5.74, 6) is -1.49. The molecule has 0 fully saturated rings. The van der Waals surface area contributed by atoms with Crippen LogP contribution in [0, 0.1) is 5.92 Å². The molecule has 0 aliphatic rings. The lowest BCUT2D eigenvalue weighted by molar-refractivity contribution is -0.159. The number of carbonyl (C=O) groups excluding carboxylic acids is 1. The minimum atomic E-state index is -5.73. The monoisotopic (exact) mass is 368 g/mol. The maximum atomic E-state index is 12.3. The zero-order valence-electron chi connectivity index (χ0n) is 13.7. The van der Waals surface area contributed by atoms with E-state index in [9.17, 15) is 26.4 Å². The molecule has 0 amide bonds. The molecule has 136 valence electrons. The highest BCUT2D eigenvalue weighted by molar-refractivity contribution is 7.88. The van der Waals surface area contributed by atoms with Gasteiger partial charge in [0.15, 0.2) is 0 Å². The highest BCUT2D eigenvalue weighted by Gasteiger charge is 2.48. The largest absolute Gasteiger partial charge is 0.534 e. The second-order valence-electron chi connectivity index (χ2n) is 6.27. The minimum Gasteiger partial charge on any atom is -0.460 e. The molecule has 1 rings (SSSR count). The van der Waals surface area contributed by atoms with Crippen LogP contribution in [-0.2, 0) is 26.1 Å². The maximum absolute atomic E-state index is 12.3. The Morgan fingerprint density at radius 3 is 2.29 bits per heavy atom.